The van der Waals surface area contributed by atoms with Gasteiger partial charge in [-0.05, 0) is 23.5 Å². The van der Waals surface area contributed by atoms with Crippen LogP contribution in [0, 0.1) is 21.9 Å². The van der Waals surface area contributed by atoms with E-state index in [-0.39, 0.29) is 10.8 Å². The van der Waals surface area contributed by atoms with Crippen LogP contribution in [0.15, 0.2) is 146 Å². The number of aromatic nitrogens is 3. The van der Waals surface area contributed by atoms with Gasteiger partial charge in [0, 0.05) is 6.20 Å². The van der Waals surface area contributed by atoms with E-state index in [0.717, 1.165) is 44.3 Å². The van der Waals surface area contributed by atoms with E-state index < -0.39 is 0 Å². The number of ether oxygens (including phenoxy) is 1. The van der Waals surface area contributed by atoms with Crippen LogP contribution in [0.1, 0.15) is 89.8 Å². The van der Waals surface area contributed by atoms with Crippen LogP contribution in [0.4, 0.5) is 11.5 Å². The second-order valence-corrected chi connectivity index (χ2v) is 20.4. The first-order valence-electron chi connectivity index (χ1n) is 22.4. The first-order chi connectivity index (χ1) is 30.4. The predicted molar refractivity (Wildman–Crippen MR) is 254 cm³/mol. The van der Waals surface area contributed by atoms with Gasteiger partial charge in [-0.1, -0.05) is 33.6 Å². The number of fused-ring (bicyclic) bond motifs is 4. The fraction of sp³-hybridized carbons (Fsp3) is 0.263. The van der Waals surface area contributed by atoms with Crippen molar-refractivity contribution in [2.75, 3.05) is 11.4 Å². The number of para-hydroxylation sites is 2. The monoisotopic (exact) mass is 1010 g/mol. The molecule has 3 heterocycles. The summed E-state index contributed by atoms with van der Waals surface area (Å²) in [5.74, 6) is 3.42. The normalized spacial score (nSPS) is 16.5. The number of rotatable bonds is 7. The van der Waals surface area contributed by atoms with Crippen LogP contribution in [0.3, 0.4) is 0 Å². The van der Waals surface area contributed by atoms with Crippen molar-refractivity contribution in [1.82, 2.24) is 14.1 Å². The molecule has 63 heavy (non-hydrogen) atoms. The quantitative estimate of drug-likeness (QED) is 0.149. The fourth-order valence-electron chi connectivity index (χ4n) is 9.74. The third-order valence-electron chi connectivity index (χ3n) is 13.1. The van der Waals surface area contributed by atoms with Gasteiger partial charge in [-0.25, -0.2) is 0 Å². The molecular formula is C57H54N4OPt-2. The van der Waals surface area contributed by atoms with Gasteiger partial charge in [-0.2, -0.15) is 0 Å². The van der Waals surface area contributed by atoms with Gasteiger partial charge in [0.15, 0.2) is 0 Å². The SMILES string of the molecule is CC(C)(C)c1ccnc(N2CC3CCCCC3c3ccc(Oc4[c-]c(-n5[c](=[Pt])n(-c6c(-c7ccccc7)cc(C(C)(C)C)cc6-c6ccccc6)c6ccccc65)ccc4)[c-]c32)c1. The Hall–Kier alpha value is -5.77. The van der Waals surface area contributed by atoms with Crippen molar-refractivity contribution < 1.29 is 24.1 Å². The molecule has 2 unspecified atom stereocenters. The van der Waals surface area contributed by atoms with Crippen molar-refractivity contribution in [2.24, 2.45) is 5.92 Å². The Morgan fingerprint density at radius 2 is 1.24 bits per heavy atom. The van der Waals surface area contributed by atoms with Gasteiger partial charge in [0.1, 0.15) is 0 Å². The van der Waals surface area contributed by atoms with E-state index in [1.165, 1.54) is 64.6 Å². The molecular weight excluding hydrogens is 952 g/mol. The van der Waals surface area contributed by atoms with Gasteiger partial charge in [0.2, 0.25) is 0 Å². The van der Waals surface area contributed by atoms with Crippen LogP contribution >= 0.6 is 0 Å². The first-order valence-corrected chi connectivity index (χ1v) is 23.5. The van der Waals surface area contributed by atoms with Gasteiger partial charge in [0.25, 0.3) is 0 Å². The van der Waals surface area contributed by atoms with Crippen molar-refractivity contribution in [3.63, 3.8) is 0 Å². The standard InChI is InChI=1S/C57H54N4O.Pt/c1-56(2,3)42-30-31-58-54(34-42)59-37-41-22-13-14-25-47(41)48-29-28-46(36-53(48)59)62-45-24-17-23-44(35-45)60-38-61(52-27-16-15-26-51(52)60)55-49(39-18-9-7-10-19-39)32-43(57(4,5)6)33-50(55)40-20-11-8-12-21-40;/h7-12,15-21,23-24,26-34,41,47H,13-14,22,25,37H2,1-6H3;/q-2;. The van der Waals surface area contributed by atoms with Gasteiger partial charge in [-0.3, -0.25) is 0 Å². The number of hydrogen-bond donors (Lipinski definition) is 0. The summed E-state index contributed by atoms with van der Waals surface area (Å²) in [6.07, 6.45) is 6.99. The Labute approximate surface area is 383 Å². The summed E-state index contributed by atoms with van der Waals surface area (Å²) in [5.41, 5.74) is 13.9. The van der Waals surface area contributed by atoms with Crippen molar-refractivity contribution in [3.05, 3.63) is 178 Å². The third kappa shape index (κ3) is 7.84. The molecule has 8 aromatic rings. The van der Waals surface area contributed by atoms with E-state index in [4.69, 9.17) is 9.72 Å². The van der Waals surface area contributed by atoms with Gasteiger partial charge >= 0.3 is 322 Å². The second kappa shape index (κ2) is 16.4. The molecule has 0 saturated heterocycles. The summed E-state index contributed by atoms with van der Waals surface area (Å²) in [6.45, 7) is 14.6. The minimum absolute atomic E-state index is 0.0205. The Kier molecular flexibility index (Phi) is 10.7. The van der Waals surface area contributed by atoms with Crippen molar-refractivity contribution in [3.8, 4) is 45.1 Å². The zero-order chi connectivity index (χ0) is 43.5. The average molecular weight is 1010 g/mol. The van der Waals surface area contributed by atoms with E-state index in [1.54, 1.807) is 0 Å². The number of benzene rings is 6. The minimum atomic E-state index is -0.0623. The number of hydrogen-bond acceptors (Lipinski definition) is 3. The predicted octanol–water partition coefficient (Wildman–Crippen LogP) is 14.6. The van der Waals surface area contributed by atoms with Crippen molar-refractivity contribution in [2.45, 2.75) is 84.0 Å². The summed E-state index contributed by atoms with van der Waals surface area (Å²) < 4.78 is 12.5. The fourth-order valence-corrected chi connectivity index (χ4v) is 10.8. The molecule has 5 nitrogen and oxygen atoms in total. The molecule has 2 aromatic heterocycles. The van der Waals surface area contributed by atoms with Crippen LogP contribution in [0.2, 0.25) is 0 Å². The molecule has 6 aromatic carbocycles. The third-order valence-corrected chi connectivity index (χ3v) is 14.1. The van der Waals surface area contributed by atoms with Crippen molar-refractivity contribution >= 4 is 22.5 Å². The zero-order valence-corrected chi connectivity index (χ0v) is 39.3. The molecule has 1 aliphatic carbocycles. The maximum atomic E-state index is 6.77. The second-order valence-electron chi connectivity index (χ2n) is 19.3. The topological polar surface area (TPSA) is 35.2 Å². The van der Waals surface area contributed by atoms with E-state index in [2.05, 4.69) is 221 Å². The van der Waals surface area contributed by atoms with Crippen LogP contribution in [0.5, 0.6) is 11.5 Å². The van der Waals surface area contributed by atoms with E-state index in [1.807, 2.05) is 12.3 Å². The van der Waals surface area contributed by atoms with Crippen LogP contribution in [-0.4, -0.2) is 20.7 Å². The average Bonchev–Trinajstić information content (AvgIpc) is 3.59. The summed E-state index contributed by atoms with van der Waals surface area (Å²) in [7, 11) is 0. The molecule has 0 N–H and O–H groups in total. The summed E-state index contributed by atoms with van der Waals surface area (Å²) >= 11 is 2.51. The summed E-state index contributed by atoms with van der Waals surface area (Å²) in [6, 6.07) is 57.6. The van der Waals surface area contributed by atoms with E-state index in [9.17, 15) is 0 Å². The van der Waals surface area contributed by atoms with Gasteiger partial charge in [0.05, 0.1) is 0 Å². The van der Waals surface area contributed by atoms with Crippen molar-refractivity contribution in [1.29, 1.82) is 0 Å². The Bertz CT molecular complexity index is 2960. The first kappa shape index (κ1) is 41.3. The number of anilines is 2. The summed E-state index contributed by atoms with van der Waals surface area (Å²) in [5, 5.41) is 0. The molecule has 1 fully saturated rings. The number of pyridine rings is 1. The molecule has 320 valence electrons. The maximum absolute atomic E-state index is 6.77. The molecule has 0 spiro atoms. The molecule has 1 aliphatic heterocycles. The van der Waals surface area contributed by atoms with Crippen LogP contribution < -0.4 is 9.64 Å². The molecule has 0 radical (unpaired) electrons. The molecule has 6 heteroatoms. The zero-order valence-electron chi connectivity index (χ0n) is 37.1. The molecule has 10 rings (SSSR count). The van der Waals surface area contributed by atoms with Gasteiger partial charge in [-0.15, -0.1) is 0 Å². The Morgan fingerprint density at radius 3 is 1.90 bits per heavy atom. The van der Waals surface area contributed by atoms with Crippen LogP contribution in [0.25, 0.3) is 44.7 Å². The molecule has 0 amide bonds. The van der Waals surface area contributed by atoms with E-state index >= 15 is 0 Å². The van der Waals surface area contributed by atoms with E-state index in [0.29, 0.717) is 23.3 Å². The van der Waals surface area contributed by atoms with Crippen LogP contribution in [-0.2, 0) is 30.2 Å². The molecule has 1 saturated carbocycles. The Morgan fingerprint density at radius 1 is 0.619 bits per heavy atom. The molecule has 2 aliphatic rings. The summed E-state index contributed by atoms with van der Waals surface area (Å²) in [4.78, 5) is 7.34. The molecule has 2 atom stereocenters. The van der Waals surface area contributed by atoms with Gasteiger partial charge < -0.3 is 0 Å². The Balaban J connectivity index is 1.09. The number of nitrogens with zero attached hydrogens (tertiary/aromatic N) is 4. The number of imidazole rings is 1. The molecule has 0 bridgehead atoms.